The van der Waals surface area contributed by atoms with Gasteiger partial charge in [-0.15, -0.1) is 0 Å². The third-order valence-electron chi connectivity index (χ3n) is 4.33. The van der Waals surface area contributed by atoms with Crippen LogP contribution in [0.15, 0.2) is 72.5 Å². The number of ether oxygens (including phenoxy) is 2. The molecule has 0 amide bonds. The Bertz CT molecular complexity index is 856. The monoisotopic (exact) mass is 302 g/mol. The van der Waals surface area contributed by atoms with Gasteiger partial charge >= 0.3 is 0 Å². The fraction of sp³-hybridized carbons (Fsp3) is 0.143. The Morgan fingerprint density at radius 1 is 0.913 bits per heavy atom. The Hall–Kier alpha value is -2.74. The Balaban J connectivity index is 1.81. The van der Waals surface area contributed by atoms with Gasteiger partial charge in [-0.2, -0.15) is 0 Å². The van der Waals surface area contributed by atoms with Gasteiger partial charge in [0.2, 0.25) is 0 Å². The number of allylic oxidation sites excluding steroid dienone is 4. The van der Waals surface area contributed by atoms with Crippen LogP contribution in [-0.2, 0) is 12.8 Å². The fourth-order valence-corrected chi connectivity index (χ4v) is 3.21. The molecular formula is C21H18O2. The summed E-state index contributed by atoms with van der Waals surface area (Å²) in [6.45, 7) is 5.78. The number of rotatable bonds is 1. The second-order valence-corrected chi connectivity index (χ2v) is 5.79. The van der Waals surface area contributed by atoms with Gasteiger partial charge in [-0.05, 0) is 30.2 Å². The van der Waals surface area contributed by atoms with Crippen LogP contribution in [0.4, 0.5) is 0 Å². The van der Waals surface area contributed by atoms with Gasteiger partial charge in [-0.1, -0.05) is 49.1 Å². The minimum absolute atomic E-state index is 0.833. The standard InChI is InChI=1S/C21H18O2/c1-3-7-14-12-16-10-11-17-13-15-8-5-6-9-19(15)23-21(17)20(16)22-18(14)4-2/h3-11H,1,12-13H2,2H3/b14-7-,18-4+. The van der Waals surface area contributed by atoms with E-state index in [-0.39, 0.29) is 0 Å². The first-order valence-corrected chi connectivity index (χ1v) is 7.87. The van der Waals surface area contributed by atoms with Crippen molar-refractivity contribution < 1.29 is 9.47 Å². The maximum Gasteiger partial charge on any atom is 0.173 e. The summed E-state index contributed by atoms with van der Waals surface area (Å²) in [6.07, 6.45) is 7.52. The van der Waals surface area contributed by atoms with Crippen molar-refractivity contribution in [2.24, 2.45) is 0 Å². The zero-order valence-corrected chi connectivity index (χ0v) is 13.1. The molecule has 2 heteroatoms. The van der Waals surface area contributed by atoms with Gasteiger partial charge in [0.25, 0.3) is 0 Å². The molecule has 0 bridgehead atoms. The van der Waals surface area contributed by atoms with Crippen LogP contribution in [0.2, 0.25) is 0 Å². The minimum atomic E-state index is 0.833. The van der Waals surface area contributed by atoms with Crippen molar-refractivity contribution in [2.75, 3.05) is 0 Å². The van der Waals surface area contributed by atoms with Gasteiger partial charge in [0.05, 0.1) is 0 Å². The number of benzene rings is 2. The molecule has 0 spiro atoms. The van der Waals surface area contributed by atoms with Crippen molar-refractivity contribution in [1.29, 1.82) is 0 Å². The zero-order chi connectivity index (χ0) is 15.8. The fourth-order valence-electron chi connectivity index (χ4n) is 3.21. The first-order chi connectivity index (χ1) is 11.3. The van der Waals surface area contributed by atoms with Crippen molar-refractivity contribution in [1.82, 2.24) is 0 Å². The normalized spacial score (nSPS) is 18.5. The van der Waals surface area contributed by atoms with Crippen LogP contribution in [0.3, 0.4) is 0 Å². The maximum absolute atomic E-state index is 6.18. The SMILES string of the molecule is C=C/C=C1/Cc2ccc3c(c2O/C1=C/C)Oc1ccccc1C3. The minimum Gasteiger partial charge on any atom is -0.453 e. The molecule has 2 heterocycles. The van der Waals surface area contributed by atoms with E-state index in [0.29, 0.717) is 0 Å². The van der Waals surface area contributed by atoms with Crippen LogP contribution in [0.5, 0.6) is 17.2 Å². The zero-order valence-electron chi connectivity index (χ0n) is 13.1. The molecular weight excluding hydrogens is 284 g/mol. The highest BCUT2D eigenvalue weighted by molar-refractivity contribution is 5.62. The maximum atomic E-state index is 6.18. The van der Waals surface area contributed by atoms with Gasteiger partial charge in [-0.3, -0.25) is 0 Å². The average molecular weight is 302 g/mol. The lowest BCUT2D eigenvalue weighted by molar-refractivity contribution is 0.370. The molecule has 23 heavy (non-hydrogen) atoms. The molecule has 0 aromatic heterocycles. The Morgan fingerprint density at radius 3 is 2.43 bits per heavy atom. The average Bonchev–Trinajstić information content (AvgIpc) is 2.59. The van der Waals surface area contributed by atoms with Crippen molar-refractivity contribution in [3.05, 3.63) is 89.2 Å². The smallest absolute Gasteiger partial charge is 0.173 e. The van der Waals surface area contributed by atoms with E-state index in [0.717, 1.165) is 47.0 Å². The lowest BCUT2D eigenvalue weighted by Crippen LogP contribution is -2.13. The van der Waals surface area contributed by atoms with Gasteiger partial charge in [-0.25, -0.2) is 0 Å². The summed E-state index contributed by atoms with van der Waals surface area (Å²) >= 11 is 0. The molecule has 2 aromatic carbocycles. The Morgan fingerprint density at radius 2 is 1.65 bits per heavy atom. The highest BCUT2D eigenvalue weighted by Crippen LogP contribution is 2.47. The highest BCUT2D eigenvalue weighted by atomic mass is 16.5. The molecule has 2 aliphatic heterocycles. The molecule has 0 fully saturated rings. The molecule has 0 N–H and O–H groups in total. The summed E-state index contributed by atoms with van der Waals surface area (Å²) in [6, 6.07) is 12.5. The molecule has 2 aliphatic rings. The van der Waals surface area contributed by atoms with Crippen LogP contribution >= 0.6 is 0 Å². The molecule has 0 aliphatic carbocycles. The lowest BCUT2D eigenvalue weighted by atomic mass is 9.93. The van der Waals surface area contributed by atoms with Crippen LogP contribution in [0.25, 0.3) is 0 Å². The molecule has 0 saturated carbocycles. The predicted octanol–water partition coefficient (Wildman–Crippen LogP) is 5.33. The van der Waals surface area contributed by atoms with E-state index in [9.17, 15) is 0 Å². The highest BCUT2D eigenvalue weighted by Gasteiger charge is 2.27. The van der Waals surface area contributed by atoms with E-state index < -0.39 is 0 Å². The van der Waals surface area contributed by atoms with Crippen molar-refractivity contribution >= 4 is 0 Å². The Kier molecular flexibility index (Phi) is 3.30. The van der Waals surface area contributed by atoms with Crippen LogP contribution in [-0.4, -0.2) is 0 Å². The number of para-hydroxylation sites is 1. The summed E-state index contributed by atoms with van der Waals surface area (Å²) in [5, 5.41) is 0. The third kappa shape index (κ3) is 2.27. The summed E-state index contributed by atoms with van der Waals surface area (Å²) in [5.41, 5.74) is 4.69. The predicted molar refractivity (Wildman–Crippen MR) is 92.1 cm³/mol. The van der Waals surface area contributed by atoms with E-state index in [1.54, 1.807) is 6.08 Å². The van der Waals surface area contributed by atoms with Gasteiger partial charge in [0.15, 0.2) is 11.5 Å². The Labute approximate surface area is 136 Å². The van der Waals surface area contributed by atoms with E-state index in [1.807, 2.05) is 37.3 Å². The molecule has 2 aromatic rings. The van der Waals surface area contributed by atoms with Crippen molar-refractivity contribution in [2.45, 2.75) is 19.8 Å². The topological polar surface area (TPSA) is 18.5 Å². The first kappa shape index (κ1) is 13.9. The van der Waals surface area contributed by atoms with E-state index in [2.05, 4.69) is 24.8 Å². The van der Waals surface area contributed by atoms with E-state index in [4.69, 9.17) is 9.47 Å². The summed E-state index contributed by atoms with van der Waals surface area (Å²) in [7, 11) is 0. The largest absolute Gasteiger partial charge is 0.453 e. The van der Waals surface area contributed by atoms with Crippen molar-refractivity contribution in [3.8, 4) is 17.2 Å². The van der Waals surface area contributed by atoms with Crippen molar-refractivity contribution in [3.63, 3.8) is 0 Å². The number of hydrogen-bond acceptors (Lipinski definition) is 2. The second-order valence-electron chi connectivity index (χ2n) is 5.79. The molecule has 0 saturated heterocycles. The molecule has 2 nitrogen and oxygen atoms in total. The molecule has 0 atom stereocenters. The first-order valence-electron chi connectivity index (χ1n) is 7.87. The van der Waals surface area contributed by atoms with Crippen LogP contribution < -0.4 is 9.47 Å². The third-order valence-corrected chi connectivity index (χ3v) is 4.33. The second kappa shape index (κ2) is 5.47. The van der Waals surface area contributed by atoms with Crippen LogP contribution in [0.1, 0.15) is 23.6 Å². The summed E-state index contributed by atoms with van der Waals surface area (Å²) in [4.78, 5) is 0. The molecule has 0 unspecified atom stereocenters. The summed E-state index contributed by atoms with van der Waals surface area (Å²) < 4.78 is 12.4. The molecule has 4 rings (SSSR count). The molecule has 0 radical (unpaired) electrons. The lowest BCUT2D eigenvalue weighted by Gasteiger charge is -2.28. The van der Waals surface area contributed by atoms with Gasteiger partial charge < -0.3 is 9.47 Å². The van der Waals surface area contributed by atoms with Crippen LogP contribution in [0, 0.1) is 0 Å². The quantitative estimate of drug-likeness (QED) is 0.604. The number of fused-ring (bicyclic) bond motifs is 4. The summed E-state index contributed by atoms with van der Waals surface area (Å²) in [5.74, 6) is 3.52. The van der Waals surface area contributed by atoms with E-state index in [1.165, 1.54) is 11.1 Å². The number of hydrogen-bond donors (Lipinski definition) is 0. The van der Waals surface area contributed by atoms with E-state index >= 15 is 0 Å². The molecule has 114 valence electrons. The van der Waals surface area contributed by atoms with Gasteiger partial charge in [0.1, 0.15) is 11.5 Å². The van der Waals surface area contributed by atoms with Gasteiger partial charge in [0, 0.05) is 24.0 Å².